The number of benzene rings is 2. The van der Waals surface area contributed by atoms with Gasteiger partial charge in [-0.1, -0.05) is 6.07 Å². The molecule has 2 aromatic carbocycles. The van der Waals surface area contributed by atoms with Crippen LogP contribution in [-0.4, -0.2) is 60.4 Å². The van der Waals surface area contributed by atoms with Gasteiger partial charge >= 0.3 is 0 Å². The number of amides is 1. The number of carbonyl (C=O) groups is 2. The van der Waals surface area contributed by atoms with Crippen LogP contribution in [0.25, 0.3) is 0 Å². The maximum absolute atomic E-state index is 13.9. The standard InChI is InChI=1S/C20H20BF2N7O4S/c21-29-10-2-5-15(29)17(31)28-35(33,34)12-8-6-11(7-9-12)25-20-26-19(24)30(27-20)18(32)16-13(22)3-1-4-14(16)23/h1,3-4,6-9,15H,2,5,10,21H2,(H,28,31)(H3,24,25,26,27)/t15-/m0/s1. The Morgan fingerprint density at radius 3 is 2.37 bits per heavy atom. The number of hydrogen-bond acceptors (Lipinski definition) is 9. The minimum atomic E-state index is -4.09. The van der Waals surface area contributed by atoms with E-state index >= 15 is 0 Å². The lowest BCUT2D eigenvalue weighted by molar-refractivity contribution is -0.122. The zero-order valence-corrected chi connectivity index (χ0v) is 19.2. The van der Waals surface area contributed by atoms with Gasteiger partial charge in [-0.25, -0.2) is 21.9 Å². The van der Waals surface area contributed by atoms with Gasteiger partial charge in [0.15, 0.2) is 7.98 Å². The molecule has 0 unspecified atom stereocenters. The van der Waals surface area contributed by atoms with Gasteiger partial charge in [0, 0.05) is 5.69 Å². The lowest BCUT2D eigenvalue weighted by Crippen LogP contribution is -2.44. The highest BCUT2D eigenvalue weighted by Crippen LogP contribution is 2.21. The Kier molecular flexibility index (Phi) is 6.54. The molecule has 15 heteroatoms. The third kappa shape index (κ3) is 5.00. The molecule has 0 bridgehead atoms. The molecule has 1 aromatic heterocycles. The van der Waals surface area contributed by atoms with Crippen molar-refractivity contribution in [1.82, 2.24) is 24.3 Å². The van der Waals surface area contributed by atoms with E-state index in [0.717, 1.165) is 24.6 Å². The molecule has 4 rings (SSSR count). The summed E-state index contributed by atoms with van der Waals surface area (Å²) in [6.07, 6.45) is 1.39. The van der Waals surface area contributed by atoms with Crippen molar-refractivity contribution < 1.29 is 26.8 Å². The Morgan fingerprint density at radius 2 is 1.77 bits per heavy atom. The molecule has 0 saturated carbocycles. The van der Waals surface area contributed by atoms with Gasteiger partial charge in [0.25, 0.3) is 15.9 Å². The van der Waals surface area contributed by atoms with E-state index in [1.54, 1.807) is 12.8 Å². The summed E-state index contributed by atoms with van der Waals surface area (Å²) in [4.78, 5) is 30.3. The number of nitrogens with two attached hydrogens (primary N) is 1. The average molecular weight is 503 g/mol. The second kappa shape index (κ2) is 9.42. The van der Waals surface area contributed by atoms with Crippen LogP contribution in [0.15, 0.2) is 47.4 Å². The Hall–Kier alpha value is -3.85. The maximum atomic E-state index is 13.9. The molecule has 1 fully saturated rings. The molecule has 1 atom stereocenters. The number of aromatic nitrogens is 3. The molecular formula is C20H20BF2N7O4S. The minimum absolute atomic E-state index is 0.139. The van der Waals surface area contributed by atoms with Crippen LogP contribution in [0.1, 0.15) is 23.2 Å². The van der Waals surface area contributed by atoms with Crippen LogP contribution in [0.4, 0.5) is 26.4 Å². The molecule has 1 aliphatic heterocycles. The van der Waals surface area contributed by atoms with Crippen molar-refractivity contribution in [3.05, 3.63) is 59.7 Å². The number of nitrogens with one attached hydrogen (secondary N) is 2. The van der Waals surface area contributed by atoms with E-state index in [-0.39, 0.29) is 10.8 Å². The van der Waals surface area contributed by atoms with E-state index in [4.69, 9.17) is 5.73 Å². The first-order valence-electron chi connectivity index (χ1n) is 10.4. The second-order valence-electron chi connectivity index (χ2n) is 7.86. The summed E-state index contributed by atoms with van der Waals surface area (Å²) in [6, 6.07) is 7.75. The van der Waals surface area contributed by atoms with E-state index in [0.29, 0.717) is 23.3 Å². The number of hydrogen-bond donors (Lipinski definition) is 3. The van der Waals surface area contributed by atoms with Crippen molar-refractivity contribution in [2.24, 2.45) is 0 Å². The molecule has 0 radical (unpaired) electrons. The zero-order chi connectivity index (χ0) is 25.3. The summed E-state index contributed by atoms with van der Waals surface area (Å²) in [6.45, 7) is 0.716. The molecule has 1 saturated heterocycles. The number of carbonyl (C=O) groups excluding carboxylic acids is 2. The van der Waals surface area contributed by atoms with Gasteiger partial charge in [0.05, 0.1) is 10.9 Å². The fourth-order valence-corrected chi connectivity index (χ4v) is 4.70. The van der Waals surface area contributed by atoms with Crippen LogP contribution in [0.5, 0.6) is 0 Å². The lowest BCUT2D eigenvalue weighted by atomic mass is 10.2. The van der Waals surface area contributed by atoms with Crippen LogP contribution in [0.3, 0.4) is 0 Å². The maximum Gasteiger partial charge on any atom is 0.287 e. The van der Waals surface area contributed by atoms with Gasteiger partial charge in [0.1, 0.15) is 17.2 Å². The van der Waals surface area contributed by atoms with Crippen molar-refractivity contribution in [3.8, 4) is 0 Å². The Labute approximate surface area is 199 Å². The van der Waals surface area contributed by atoms with E-state index in [1.807, 2.05) is 0 Å². The van der Waals surface area contributed by atoms with Crippen LogP contribution in [0.2, 0.25) is 0 Å². The topological polar surface area (TPSA) is 152 Å². The highest BCUT2D eigenvalue weighted by molar-refractivity contribution is 7.90. The van der Waals surface area contributed by atoms with Gasteiger partial charge in [-0.15, -0.1) is 5.10 Å². The van der Waals surface area contributed by atoms with Crippen molar-refractivity contribution in [3.63, 3.8) is 0 Å². The highest BCUT2D eigenvalue weighted by atomic mass is 32.2. The smallest absolute Gasteiger partial charge is 0.287 e. The summed E-state index contributed by atoms with van der Waals surface area (Å²) in [5, 5.41) is 6.55. The third-order valence-corrected chi connectivity index (χ3v) is 6.84. The summed E-state index contributed by atoms with van der Waals surface area (Å²) in [7, 11) is -2.33. The predicted octanol–water partition coefficient (Wildman–Crippen LogP) is 0.388. The van der Waals surface area contributed by atoms with Gasteiger partial charge in [-0.05, 0) is 55.8 Å². The zero-order valence-electron chi connectivity index (χ0n) is 18.4. The SMILES string of the molecule is BN1CCC[C@H]1C(=O)NS(=O)(=O)c1ccc(Nc2nc(N)n(C(=O)c3c(F)cccc3F)n2)cc1. The fraction of sp³-hybridized carbons (Fsp3) is 0.200. The van der Waals surface area contributed by atoms with E-state index in [9.17, 15) is 26.8 Å². The molecule has 35 heavy (non-hydrogen) atoms. The van der Waals surface area contributed by atoms with Crippen LogP contribution >= 0.6 is 0 Å². The summed E-state index contributed by atoms with van der Waals surface area (Å²) < 4.78 is 55.6. The van der Waals surface area contributed by atoms with Crippen molar-refractivity contribution in [1.29, 1.82) is 0 Å². The first kappa shape index (κ1) is 24.3. The largest absolute Gasteiger partial charge is 0.368 e. The van der Waals surface area contributed by atoms with Crippen molar-refractivity contribution in [2.75, 3.05) is 17.6 Å². The molecule has 3 aromatic rings. The Bertz CT molecular complexity index is 1380. The predicted molar refractivity (Wildman–Crippen MR) is 124 cm³/mol. The Morgan fingerprint density at radius 1 is 1.11 bits per heavy atom. The summed E-state index contributed by atoms with van der Waals surface area (Å²) in [5.74, 6) is -4.48. The molecule has 1 amide bonds. The van der Waals surface area contributed by atoms with Crippen molar-refractivity contribution >= 4 is 47.4 Å². The molecule has 182 valence electrons. The van der Waals surface area contributed by atoms with Gasteiger partial charge in [-0.2, -0.15) is 9.67 Å². The Balaban J connectivity index is 1.47. The number of halogens is 2. The molecular weight excluding hydrogens is 483 g/mol. The molecule has 0 aliphatic carbocycles. The normalized spacial score (nSPS) is 16.2. The lowest BCUT2D eigenvalue weighted by Gasteiger charge is -2.19. The van der Waals surface area contributed by atoms with Crippen LogP contribution in [0, 0.1) is 11.6 Å². The van der Waals surface area contributed by atoms with Gasteiger partial charge < -0.3 is 15.9 Å². The highest BCUT2D eigenvalue weighted by Gasteiger charge is 2.30. The number of sulfonamides is 1. The third-order valence-electron chi connectivity index (χ3n) is 5.48. The first-order valence-corrected chi connectivity index (χ1v) is 11.9. The monoisotopic (exact) mass is 503 g/mol. The van der Waals surface area contributed by atoms with Crippen molar-refractivity contribution in [2.45, 2.75) is 23.8 Å². The average Bonchev–Trinajstić information content (AvgIpc) is 3.38. The van der Waals surface area contributed by atoms with E-state index in [2.05, 4.69) is 20.1 Å². The van der Waals surface area contributed by atoms with Gasteiger partial charge in [-0.3, -0.25) is 9.59 Å². The quantitative estimate of drug-likeness (QED) is 0.406. The number of anilines is 3. The molecule has 2 heterocycles. The molecule has 0 spiro atoms. The minimum Gasteiger partial charge on any atom is -0.368 e. The molecule has 11 nitrogen and oxygen atoms in total. The second-order valence-corrected chi connectivity index (χ2v) is 9.55. The number of rotatable bonds is 6. The van der Waals surface area contributed by atoms with Crippen LogP contribution in [-0.2, 0) is 14.8 Å². The fourth-order valence-electron chi connectivity index (χ4n) is 3.68. The molecule has 4 N–H and O–H groups in total. The summed E-state index contributed by atoms with van der Waals surface area (Å²) in [5.41, 5.74) is 5.17. The van der Waals surface area contributed by atoms with E-state index < -0.39 is 51.0 Å². The molecule has 1 aliphatic rings. The summed E-state index contributed by atoms with van der Waals surface area (Å²) >= 11 is 0. The number of nitrogens with zero attached hydrogens (tertiary/aromatic N) is 4. The van der Waals surface area contributed by atoms with E-state index in [1.165, 1.54) is 24.3 Å². The number of nitrogen functional groups attached to an aromatic ring is 1. The van der Waals surface area contributed by atoms with Gasteiger partial charge in [0.2, 0.25) is 17.8 Å². The first-order chi connectivity index (χ1) is 16.6. The van der Waals surface area contributed by atoms with Crippen LogP contribution < -0.4 is 15.8 Å².